The van der Waals surface area contributed by atoms with Crippen LogP contribution in [0.1, 0.15) is 17.7 Å². The summed E-state index contributed by atoms with van der Waals surface area (Å²) in [5, 5.41) is 8.29. The molecule has 0 saturated heterocycles. The molecule has 0 aliphatic heterocycles. The van der Waals surface area contributed by atoms with E-state index in [1.54, 1.807) is 0 Å². The van der Waals surface area contributed by atoms with Crippen molar-refractivity contribution in [3.05, 3.63) is 23.3 Å². The third kappa shape index (κ3) is 3.26. The smallest absolute Gasteiger partial charge is 0.400 e. The molecule has 0 fully saturated rings. The Kier molecular flexibility index (Phi) is 4.00. The zero-order valence-corrected chi connectivity index (χ0v) is 8.43. The van der Waals surface area contributed by atoms with Gasteiger partial charge in [-0.15, -0.1) is 13.2 Å². The average Bonchev–Trinajstić information content (AvgIpc) is 2.22. The highest BCUT2D eigenvalue weighted by Crippen LogP contribution is 2.34. The number of nitriles is 1. The van der Waals surface area contributed by atoms with Gasteiger partial charge < -0.3 is 4.74 Å². The molecular formula is C9H4F6N2O. The molecule has 0 bridgehead atoms. The SMILES string of the molecule is N#CCc1cnc(C(F)F)c(OC(F)(F)F)c1F. The lowest BCUT2D eigenvalue weighted by Crippen LogP contribution is -2.20. The fourth-order valence-electron chi connectivity index (χ4n) is 1.10. The van der Waals surface area contributed by atoms with Crippen molar-refractivity contribution >= 4 is 0 Å². The number of hydrogen-bond acceptors (Lipinski definition) is 3. The average molecular weight is 270 g/mol. The minimum atomic E-state index is -5.34. The van der Waals surface area contributed by atoms with Gasteiger partial charge in [0, 0.05) is 11.8 Å². The highest BCUT2D eigenvalue weighted by Gasteiger charge is 2.36. The highest BCUT2D eigenvalue weighted by molar-refractivity contribution is 5.35. The summed E-state index contributed by atoms with van der Waals surface area (Å²) in [6.45, 7) is 0. The predicted octanol–water partition coefficient (Wildman–Crippen LogP) is 3.12. The topological polar surface area (TPSA) is 45.9 Å². The molecule has 98 valence electrons. The molecule has 0 N–H and O–H groups in total. The first-order chi connectivity index (χ1) is 8.26. The number of aromatic nitrogens is 1. The second-order valence-electron chi connectivity index (χ2n) is 3.00. The van der Waals surface area contributed by atoms with Crippen LogP contribution in [0.15, 0.2) is 6.20 Å². The van der Waals surface area contributed by atoms with Crippen molar-refractivity contribution in [2.45, 2.75) is 19.2 Å². The number of ether oxygens (including phenoxy) is 1. The number of rotatable bonds is 3. The maximum absolute atomic E-state index is 13.5. The van der Waals surface area contributed by atoms with Crippen molar-refractivity contribution in [1.82, 2.24) is 4.98 Å². The predicted molar refractivity (Wildman–Crippen MR) is 45.2 cm³/mol. The van der Waals surface area contributed by atoms with Gasteiger partial charge in [-0.2, -0.15) is 5.26 Å². The number of halogens is 6. The van der Waals surface area contributed by atoms with E-state index in [2.05, 4.69) is 9.72 Å². The largest absolute Gasteiger partial charge is 0.573 e. The van der Waals surface area contributed by atoms with Crippen LogP contribution in [0.2, 0.25) is 0 Å². The van der Waals surface area contributed by atoms with Gasteiger partial charge in [-0.25, -0.2) is 13.2 Å². The van der Waals surface area contributed by atoms with Crippen molar-refractivity contribution in [3.63, 3.8) is 0 Å². The van der Waals surface area contributed by atoms with Gasteiger partial charge in [-0.3, -0.25) is 4.98 Å². The first-order valence-corrected chi connectivity index (χ1v) is 4.34. The van der Waals surface area contributed by atoms with E-state index < -0.39 is 42.0 Å². The maximum Gasteiger partial charge on any atom is 0.573 e. The molecule has 0 saturated carbocycles. The minimum Gasteiger partial charge on any atom is -0.400 e. The standard InChI is InChI=1S/C9H4F6N2O/c10-5-4(1-2-16)3-17-6(8(11)12)7(5)18-9(13,14)15/h3,8H,1H2. The van der Waals surface area contributed by atoms with Gasteiger partial charge in [0.15, 0.2) is 17.3 Å². The molecule has 0 aromatic carbocycles. The Morgan fingerprint density at radius 3 is 2.44 bits per heavy atom. The summed E-state index contributed by atoms with van der Waals surface area (Å²) in [7, 11) is 0. The van der Waals surface area contributed by atoms with Crippen molar-refractivity contribution in [2.75, 3.05) is 0 Å². The van der Waals surface area contributed by atoms with E-state index in [0.717, 1.165) is 0 Å². The molecule has 0 aliphatic carbocycles. The van der Waals surface area contributed by atoms with Gasteiger partial charge in [0.05, 0.1) is 12.5 Å². The Labute approximate surface area is 96.6 Å². The molecule has 1 aromatic rings. The van der Waals surface area contributed by atoms with E-state index in [-0.39, 0.29) is 0 Å². The molecule has 0 atom stereocenters. The second kappa shape index (κ2) is 5.12. The summed E-state index contributed by atoms with van der Waals surface area (Å²) in [5.74, 6) is -3.37. The van der Waals surface area contributed by atoms with Crippen LogP contribution in [0.5, 0.6) is 5.75 Å². The molecule has 0 aliphatic rings. The quantitative estimate of drug-likeness (QED) is 0.793. The minimum absolute atomic E-state index is 0.554. The lowest BCUT2D eigenvalue weighted by Gasteiger charge is -2.14. The summed E-state index contributed by atoms with van der Waals surface area (Å²) in [6, 6.07) is 1.46. The number of pyridine rings is 1. The van der Waals surface area contributed by atoms with Crippen LogP contribution >= 0.6 is 0 Å². The van der Waals surface area contributed by atoms with Crippen LogP contribution in [0.4, 0.5) is 26.3 Å². The first-order valence-electron chi connectivity index (χ1n) is 4.34. The first kappa shape index (κ1) is 14.1. The summed E-state index contributed by atoms with van der Waals surface area (Å²) >= 11 is 0. The maximum atomic E-state index is 13.5. The molecule has 18 heavy (non-hydrogen) atoms. The number of hydrogen-bond donors (Lipinski definition) is 0. The van der Waals surface area contributed by atoms with Crippen molar-refractivity contribution < 1.29 is 31.1 Å². The van der Waals surface area contributed by atoms with Crippen LogP contribution in [0, 0.1) is 17.1 Å². The van der Waals surface area contributed by atoms with Crippen LogP contribution in [-0.4, -0.2) is 11.3 Å². The lowest BCUT2D eigenvalue weighted by atomic mass is 10.2. The van der Waals surface area contributed by atoms with Crippen LogP contribution in [-0.2, 0) is 6.42 Å². The summed E-state index contributed by atoms with van der Waals surface area (Å²) in [4.78, 5) is 2.98. The fourth-order valence-corrected chi connectivity index (χ4v) is 1.10. The van der Waals surface area contributed by atoms with Crippen LogP contribution in [0.3, 0.4) is 0 Å². The van der Waals surface area contributed by atoms with E-state index in [1.165, 1.54) is 6.07 Å². The number of nitrogens with zero attached hydrogens (tertiary/aromatic N) is 2. The van der Waals surface area contributed by atoms with E-state index in [4.69, 9.17) is 5.26 Å². The summed E-state index contributed by atoms with van der Waals surface area (Å²) < 4.78 is 77.2. The zero-order valence-electron chi connectivity index (χ0n) is 8.43. The monoisotopic (exact) mass is 270 g/mol. The Morgan fingerprint density at radius 1 is 1.39 bits per heavy atom. The van der Waals surface area contributed by atoms with E-state index in [0.29, 0.717) is 6.20 Å². The second-order valence-corrected chi connectivity index (χ2v) is 3.00. The van der Waals surface area contributed by atoms with Crippen LogP contribution in [0.25, 0.3) is 0 Å². The van der Waals surface area contributed by atoms with Crippen molar-refractivity contribution in [2.24, 2.45) is 0 Å². The van der Waals surface area contributed by atoms with Gasteiger partial charge >= 0.3 is 6.36 Å². The van der Waals surface area contributed by atoms with Gasteiger partial charge in [-0.05, 0) is 0 Å². The van der Waals surface area contributed by atoms with Crippen molar-refractivity contribution in [1.29, 1.82) is 5.26 Å². The number of alkyl halides is 5. The summed E-state index contributed by atoms with van der Waals surface area (Å²) in [6.07, 6.45) is -8.81. The normalized spacial score (nSPS) is 11.4. The molecule has 9 heteroatoms. The Bertz CT molecular complexity index is 479. The molecule has 1 heterocycles. The molecule has 3 nitrogen and oxygen atoms in total. The molecule has 0 unspecified atom stereocenters. The van der Waals surface area contributed by atoms with Gasteiger partial charge in [-0.1, -0.05) is 0 Å². The molecule has 1 rings (SSSR count). The highest BCUT2D eigenvalue weighted by atomic mass is 19.4. The molecular weight excluding hydrogens is 266 g/mol. The third-order valence-electron chi connectivity index (χ3n) is 1.77. The molecule has 0 radical (unpaired) electrons. The van der Waals surface area contributed by atoms with Crippen molar-refractivity contribution in [3.8, 4) is 11.8 Å². The summed E-state index contributed by atoms with van der Waals surface area (Å²) in [5.41, 5.74) is -2.02. The van der Waals surface area contributed by atoms with E-state index in [1.807, 2.05) is 0 Å². The zero-order chi connectivity index (χ0) is 13.9. The molecule has 0 spiro atoms. The van der Waals surface area contributed by atoms with E-state index >= 15 is 0 Å². The van der Waals surface area contributed by atoms with E-state index in [9.17, 15) is 26.3 Å². The Morgan fingerprint density at radius 2 is 2.00 bits per heavy atom. The molecule has 1 aromatic heterocycles. The van der Waals surface area contributed by atoms with Gasteiger partial charge in [0.25, 0.3) is 6.43 Å². The molecule has 0 amide bonds. The fraction of sp³-hybridized carbons (Fsp3) is 0.333. The Balaban J connectivity index is 3.32. The van der Waals surface area contributed by atoms with Crippen LogP contribution < -0.4 is 4.74 Å². The Hall–Kier alpha value is -1.98. The third-order valence-corrected chi connectivity index (χ3v) is 1.77. The lowest BCUT2D eigenvalue weighted by molar-refractivity contribution is -0.276. The van der Waals surface area contributed by atoms with Gasteiger partial charge in [0.2, 0.25) is 0 Å². The van der Waals surface area contributed by atoms with Gasteiger partial charge in [0.1, 0.15) is 0 Å².